The minimum atomic E-state index is 0.679. The molecule has 0 saturated carbocycles. The fourth-order valence-corrected chi connectivity index (χ4v) is 15.4. The van der Waals surface area contributed by atoms with E-state index in [1.54, 1.807) is 11.3 Å². The van der Waals surface area contributed by atoms with Crippen molar-refractivity contribution in [2.45, 2.75) is 156 Å². The summed E-state index contributed by atoms with van der Waals surface area (Å²) in [6, 6.07) is 35.3. The van der Waals surface area contributed by atoms with Gasteiger partial charge in [-0.05, 0) is 85.0 Å². The molecule has 0 aliphatic carbocycles. The lowest BCUT2D eigenvalue weighted by Crippen LogP contribution is -2.03. The molecule has 0 radical (unpaired) electrons. The van der Waals surface area contributed by atoms with Crippen LogP contribution in [0.15, 0.2) is 97.1 Å². The Morgan fingerprint density at radius 2 is 0.747 bits per heavy atom. The number of thiophene rings is 3. The van der Waals surface area contributed by atoms with Gasteiger partial charge < -0.3 is 9.47 Å². The van der Waals surface area contributed by atoms with E-state index in [1.807, 2.05) is 22.7 Å². The number of hydrogen-bond acceptors (Lipinski definition) is 11. The Morgan fingerprint density at radius 1 is 0.360 bits per heavy atom. The van der Waals surface area contributed by atoms with Gasteiger partial charge in [0, 0.05) is 51.2 Å². The first-order valence-electron chi connectivity index (χ1n) is 28.0. The summed E-state index contributed by atoms with van der Waals surface area (Å²) in [4.78, 5) is 4.75. The molecule has 11 heteroatoms. The number of fused-ring (bicyclic) bond motifs is 4. The molecule has 5 aromatic heterocycles. The highest BCUT2D eigenvalue weighted by molar-refractivity contribution is 7.24. The first kappa shape index (κ1) is 53.4. The van der Waals surface area contributed by atoms with E-state index in [0.717, 1.165) is 95.1 Å². The van der Waals surface area contributed by atoms with Crippen molar-refractivity contribution >= 4 is 99.7 Å². The minimum Gasteiger partial charge on any atom is -0.493 e. The van der Waals surface area contributed by atoms with E-state index < -0.39 is 0 Å². The van der Waals surface area contributed by atoms with Gasteiger partial charge in [-0.2, -0.15) is 17.5 Å². The SMILES string of the molecule is CCCCCCCCCCCCOc1c(C)c(-c2ccccc2)c2nsnc2c1-c1cc2cc3sc(-c4c(C)c(OCCCCCCCCCCCC)c(-c5ccc(-c6ccccc6)s5)c5nsnc45)cc3cc2s1. The molecule has 0 spiro atoms. The first-order chi connectivity index (χ1) is 37.0. The number of aromatic nitrogens is 4. The average Bonchev–Trinajstić information content (AvgIpc) is 4.32. The van der Waals surface area contributed by atoms with E-state index in [-0.39, 0.29) is 0 Å². The molecule has 0 N–H and O–H groups in total. The van der Waals surface area contributed by atoms with Crippen LogP contribution in [0.4, 0.5) is 0 Å². The van der Waals surface area contributed by atoms with E-state index in [1.165, 1.54) is 175 Å². The summed E-state index contributed by atoms with van der Waals surface area (Å²) in [5, 5.41) is 2.44. The van der Waals surface area contributed by atoms with Crippen molar-refractivity contribution in [3.63, 3.8) is 0 Å². The summed E-state index contributed by atoms with van der Waals surface area (Å²) in [5.74, 6) is 1.87. The molecule has 0 saturated heterocycles. The van der Waals surface area contributed by atoms with Crippen LogP contribution >= 0.6 is 57.5 Å². The zero-order valence-electron chi connectivity index (χ0n) is 44.4. The lowest BCUT2D eigenvalue weighted by atomic mass is 9.94. The molecule has 6 nitrogen and oxygen atoms in total. The van der Waals surface area contributed by atoms with E-state index in [4.69, 9.17) is 27.0 Å². The molecule has 0 atom stereocenters. The number of hydrogen-bond donors (Lipinski definition) is 0. The Labute approximate surface area is 465 Å². The van der Waals surface area contributed by atoms with Gasteiger partial charge in [0.1, 0.15) is 33.6 Å². The lowest BCUT2D eigenvalue weighted by molar-refractivity contribution is 0.304. The van der Waals surface area contributed by atoms with Crippen molar-refractivity contribution in [2.24, 2.45) is 0 Å². The molecule has 0 amide bonds. The number of benzene rings is 5. The van der Waals surface area contributed by atoms with Crippen molar-refractivity contribution in [3.05, 3.63) is 108 Å². The number of nitrogens with zero attached hydrogens (tertiary/aromatic N) is 4. The predicted molar refractivity (Wildman–Crippen MR) is 328 cm³/mol. The molecule has 75 heavy (non-hydrogen) atoms. The first-order valence-corrected chi connectivity index (χ1v) is 32.0. The second-order valence-corrected chi connectivity index (χ2v) is 24.7. The third-order valence-corrected chi connectivity index (χ3v) is 19.4. The zero-order chi connectivity index (χ0) is 51.3. The highest BCUT2D eigenvalue weighted by atomic mass is 32.1. The van der Waals surface area contributed by atoms with E-state index in [2.05, 4.69) is 125 Å². The number of unbranched alkanes of at least 4 members (excludes halogenated alkanes) is 18. The van der Waals surface area contributed by atoms with Gasteiger partial charge in [-0.25, -0.2) is 0 Å². The van der Waals surface area contributed by atoms with Crippen LogP contribution < -0.4 is 9.47 Å². The zero-order valence-corrected chi connectivity index (χ0v) is 48.5. The molecule has 10 rings (SSSR count). The van der Waals surface area contributed by atoms with Crippen LogP contribution in [-0.4, -0.2) is 30.7 Å². The summed E-state index contributed by atoms with van der Waals surface area (Å²) >= 11 is 8.06. The third kappa shape index (κ3) is 12.4. The summed E-state index contributed by atoms with van der Waals surface area (Å²) in [6.45, 7) is 10.4. The summed E-state index contributed by atoms with van der Waals surface area (Å²) < 4.78 is 36.5. The van der Waals surface area contributed by atoms with Gasteiger partial charge in [0.25, 0.3) is 0 Å². The molecular weight excluding hydrogens is 1020 g/mol. The van der Waals surface area contributed by atoms with Gasteiger partial charge in [-0.3, -0.25) is 0 Å². The molecule has 390 valence electrons. The summed E-state index contributed by atoms with van der Waals surface area (Å²) in [7, 11) is 0. The Kier molecular flexibility index (Phi) is 18.7. The smallest absolute Gasteiger partial charge is 0.133 e. The Morgan fingerprint density at radius 3 is 1.24 bits per heavy atom. The van der Waals surface area contributed by atoms with Crippen LogP contribution in [-0.2, 0) is 0 Å². The van der Waals surface area contributed by atoms with Gasteiger partial charge in [-0.1, -0.05) is 190 Å². The molecule has 10 aromatic rings. The van der Waals surface area contributed by atoms with Gasteiger partial charge >= 0.3 is 0 Å². The third-order valence-electron chi connectivity index (χ3n) is 14.9. The van der Waals surface area contributed by atoms with Crippen molar-refractivity contribution in [1.29, 1.82) is 0 Å². The van der Waals surface area contributed by atoms with Crippen LogP contribution in [0.3, 0.4) is 0 Å². The van der Waals surface area contributed by atoms with Crippen molar-refractivity contribution in [1.82, 2.24) is 17.5 Å². The molecule has 5 heterocycles. The Bertz CT molecular complexity index is 3370. The van der Waals surface area contributed by atoms with Gasteiger partial charge in [0.15, 0.2) is 0 Å². The van der Waals surface area contributed by atoms with E-state index in [9.17, 15) is 0 Å². The maximum absolute atomic E-state index is 7.00. The second kappa shape index (κ2) is 26.3. The van der Waals surface area contributed by atoms with Crippen LogP contribution in [0.1, 0.15) is 153 Å². The summed E-state index contributed by atoms with van der Waals surface area (Å²) in [6.07, 6.45) is 25.8. The number of rotatable bonds is 29. The number of ether oxygens (including phenoxy) is 2. The maximum atomic E-state index is 7.00. The maximum Gasteiger partial charge on any atom is 0.133 e. The van der Waals surface area contributed by atoms with Gasteiger partial charge in [0.05, 0.1) is 47.8 Å². The second-order valence-electron chi connectivity index (χ2n) is 20.4. The fraction of sp³-hybridized carbons (Fsp3) is 0.406. The van der Waals surface area contributed by atoms with Crippen molar-refractivity contribution in [2.75, 3.05) is 13.2 Å². The van der Waals surface area contributed by atoms with Crippen molar-refractivity contribution in [3.8, 4) is 64.4 Å². The average molecular weight is 1090 g/mol. The molecule has 0 bridgehead atoms. The summed E-state index contributed by atoms with van der Waals surface area (Å²) in [5.41, 5.74) is 12.7. The monoisotopic (exact) mass is 1090 g/mol. The van der Waals surface area contributed by atoms with Gasteiger partial charge in [-0.15, -0.1) is 34.0 Å². The Hall–Kier alpha value is -5.04. The predicted octanol–water partition coefficient (Wildman–Crippen LogP) is 21.7. The van der Waals surface area contributed by atoms with Crippen LogP contribution in [0.2, 0.25) is 0 Å². The molecular formula is C64H72N4O2S5. The van der Waals surface area contributed by atoms with Crippen LogP contribution in [0.5, 0.6) is 11.5 Å². The standard InChI is InChI=1S/C64H72N4O2S5/c1-5-7-9-11-13-15-17-19-21-29-37-69-63-43(3)55(46-33-27-24-28-34-46)59-62(68-74-65-59)58(63)54-42-48-40-51-47(39-52(48)73-54)41-53(72-51)56-44(4)64(70-38-30-22-20-18-16-14-12-10-8-6-2)57(61-60(56)66-75-67-61)50-36-35-49(71-50)45-31-25-23-26-32-45/h23-28,31-36,39-42H,5-22,29-30,37-38H2,1-4H3. The highest BCUT2D eigenvalue weighted by Crippen LogP contribution is 2.52. The molecule has 0 aliphatic heterocycles. The largest absolute Gasteiger partial charge is 0.493 e. The van der Waals surface area contributed by atoms with E-state index in [0.29, 0.717) is 13.2 Å². The van der Waals surface area contributed by atoms with E-state index >= 15 is 0 Å². The highest BCUT2D eigenvalue weighted by Gasteiger charge is 2.28. The van der Waals surface area contributed by atoms with Crippen LogP contribution in [0.25, 0.3) is 95.1 Å². The Balaban J connectivity index is 0.948. The fourth-order valence-electron chi connectivity index (χ4n) is 10.9. The lowest BCUT2D eigenvalue weighted by Gasteiger charge is -2.18. The molecule has 5 aromatic carbocycles. The molecule has 0 unspecified atom stereocenters. The normalized spacial score (nSPS) is 11.8. The molecule has 0 fully saturated rings. The molecule has 0 aliphatic rings. The quantitative estimate of drug-likeness (QED) is 0.0435. The van der Waals surface area contributed by atoms with Crippen LogP contribution in [0, 0.1) is 13.8 Å². The minimum absolute atomic E-state index is 0.679. The van der Waals surface area contributed by atoms with Gasteiger partial charge in [0.2, 0.25) is 0 Å². The van der Waals surface area contributed by atoms with Crippen molar-refractivity contribution < 1.29 is 9.47 Å². The topological polar surface area (TPSA) is 70.0 Å².